The molecule has 2 aromatic carbocycles. The molecule has 150 valence electrons. The zero-order valence-electron chi connectivity index (χ0n) is 16.8. The fraction of sp³-hybridized carbons (Fsp3) is 0.304. The number of likely N-dealkylation sites (tertiary alicyclic amines) is 1. The van der Waals surface area contributed by atoms with Gasteiger partial charge in [-0.3, -0.25) is 4.79 Å². The van der Waals surface area contributed by atoms with E-state index in [9.17, 15) is 9.59 Å². The number of para-hydroxylation sites is 1. The smallest absolute Gasteiger partial charge is 0.319 e. The minimum absolute atomic E-state index is 0.0324. The van der Waals surface area contributed by atoms with Crippen molar-refractivity contribution >= 4 is 28.5 Å². The quantitative estimate of drug-likeness (QED) is 0.705. The Morgan fingerprint density at radius 3 is 2.72 bits per heavy atom. The van der Waals surface area contributed by atoms with Crippen molar-refractivity contribution in [3.63, 3.8) is 0 Å². The molecule has 0 aliphatic carbocycles. The number of amides is 3. The van der Waals surface area contributed by atoms with Gasteiger partial charge in [-0.15, -0.1) is 0 Å². The molecule has 0 saturated carbocycles. The van der Waals surface area contributed by atoms with Gasteiger partial charge >= 0.3 is 6.03 Å². The fourth-order valence-corrected chi connectivity index (χ4v) is 3.89. The van der Waals surface area contributed by atoms with Gasteiger partial charge in [-0.05, 0) is 37.1 Å². The van der Waals surface area contributed by atoms with E-state index in [1.165, 1.54) is 0 Å². The molecule has 1 aliphatic rings. The molecule has 29 heavy (non-hydrogen) atoms. The number of fused-ring (bicyclic) bond motifs is 1. The van der Waals surface area contributed by atoms with Crippen LogP contribution < -0.4 is 5.32 Å². The van der Waals surface area contributed by atoms with Gasteiger partial charge in [0.2, 0.25) is 5.91 Å². The van der Waals surface area contributed by atoms with E-state index in [0.717, 1.165) is 40.7 Å². The van der Waals surface area contributed by atoms with E-state index >= 15 is 0 Å². The summed E-state index contributed by atoms with van der Waals surface area (Å²) in [6.07, 6.45) is 1.64. The number of anilines is 1. The molecule has 0 spiro atoms. The van der Waals surface area contributed by atoms with E-state index in [-0.39, 0.29) is 17.9 Å². The first-order chi connectivity index (χ1) is 14.0. The number of carbonyl (C=O) groups excluding carboxylic acids is 2. The maximum atomic E-state index is 12.8. The summed E-state index contributed by atoms with van der Waals surface area (Å²) >= 11 is 0. The van der Waals surface area contributed by atoms with Crippen molar-refractivity contribution in [1.82, 2.24) is 14.8 Å². The molecule has 6 heteroatoms. The molecular weight excluding hydrogens is 364 g/mol. The van der Waals surface area contributed by atoms with Crippen molar-refractivity contribution in [2.75, 3.05) is 32.5 Å². The van der Waals surface area contributed by atoms with Gasteiger partial charge in [0.15, 0.2) is 0 Å². The second kappa shape index (κ2) is 7.99. The van der Waals surface area contributed by atoms with E-state index in [1.54, 1.807) is 23.9 Å². The lowest BCUT2D eigenvalue weighted by Gasteiger charge is -2.33. The molecular formula is C23H26N4O2. The predicted octanol–water partition coefficient (Wildman–Crippen LogP) is 4.17. The third-order valence-corrected chi connectivity index (χ3v) is 5.42. The first-order valence-electron chi connectivity index (χ1n) is 9.96. The van der Waals surface area contributed by atoms with Crippen molar-refractivity contribution in [2.24, 2.45) is 5.92 Å². The molecule has 0 bridgehead atoms. The highest BCUT2D eigenvalue weighted by molar-refractivity contribution is 5.94. The fourth-order valence-electron chi connectivity index (χ4n) is 3.89. The van der Waals surface area contributed by atoms with Crippen molar-refractivity contribution in [3.05, 3.63) is 54.6 Å². The van der Waals surface area contributed by atoms with Crippen molar-refractivity contribution in [3.8, 4) is 11.3 Å². The summed E-state index contributed by atoms with van der Waals surface area (Å²) < 4.78 is 0. The second-order valence-electron chi connectivity index (χ2n) is 7.80. The van der Waals surface area contributed by atoms with Crippen LogP contribution >= 0.6 is 0 Å². The average molecular weight is 390 g/mol. The van der Waals surface area contributed by atoms with E-state index < -0.39 is 0 Å². The van der Waals surface area contributed by atoms with Crippen LogP contribution in [0.2, 0.25) is 0 Å². The van der Waals surface area contributed by atoms with Crippen molar-refractivity contribution in [1.29, 1.82) is 0 Å². The highest BCUT2D eigenvalue weighted by Crippen LogP contribution is 2.27. The standard InChI is InChI=1S/C23H26N4O2/c1-26(2)23(29)27-12-6-9-18(15-27)22(28)24-19-10-5-8-16(13-19)21-14-17-7-3-4-11-20(17)25-21/h3-5,7-8,10-11,13-14,18,25H,6,9,12,15H2,1-2H3,(H,24,28)/t18-/m0/s1. The van der Waals surface area contributed by atoms with Crippen LogP contribution in [0.4, 0.5) is 10.5 Å². The third kappa shape index (κ3) is 4.11. The van der Waals surface area contributed by atoms with Gasteiger partial charge in [-0.2, -0.15) is 0 Å². The highest BCUT2D eigenvalue weighted by atomic mass is 16.2. The van der Waals surface area contributed by atoms with Gasteiger partial charge in [0, 0.05) is 55.0 Å². The van der Waals surface area contributed by atoms with Gasteiger partial charge in [0.25, 0.3) is 0 Å². The molecule has 3 aromatic rings. The number of nitrogens with one attached hydrogen (secondary N) is 2. The number of hydrogen-bond acceptors (Lipinski definition) is 2. The summed E-state index contributed by atoms with van der Waals surface area (Å²) in [5, 5.41) is 4.20. The minimum atomic E-state index is -0.190. The van der Waals surface area contributed by atoms with Crippen molar-refractivity contribution < 1.29 is 9.59 Å². The van der Waals surface area contributed by atoms with Crippen LogP contribution in [0.25, 0.3) is 22.2 Å². The first kappa shape index (κ1) is 19.1. The summed E-state index contributed by atoms with van der Waals surface area (Å²) in [5.41, 5.74) is 3.89. The summed E-state index contributed by atoms with van der Waals surface area (Å²) in [5.74, 6) is -0.223. The molecule has 1 saturated heterocycles. The summed E-state index contributed by atoms with van der Waals surface area (Å²) in [7, 11) is 3.48. The summed E-state index contributed by atoms with van der Waals surface area (Å²) in [6.45, 7) is 1.17. The molecule has 0 radical (unpaired) electrons. The average Bonchev–Trinajstić information content (AvgIpc) is 3.18. The van der Waals surface area contributed by atoms with Crippen LogP contribution in [0, 0.1) is 5.92 Å². The van der Waals surface area contributed by atoms with Crippen LogP contribution in [-0.4, -0.2) is 53.9 Å². The van der Waals surface area contributed by atoms with Crippen LogP contribution in [0.5, 0.6) is 0 Å². The number of H-pyrrole nitrogens is 1. The van der Waals surface area contributed by atoms with Crippen LogP contribution in [0.3, 0.4) is 0 Å². The highest BCUT2D eigenvalue weighted by Gasteiger charge is 2.29. The predicted molar refractivity (Wildman–Crippen MR) is 116 cm³/mol. The van der Waals surface area contributed by atoms with Crippen LogP contribution in [0.1, 0.15) is 12.8 Å². The Morgan fingerprint density at radius 1 is 1.10 bits per heavy atom. The lowest BCUT2D eigenvalue weighted by atomic mass is 9.97. The molecule has 0 unspecified atom stereocenters. The number of aromatic amines is 1. The Balaban J connectivity index is 1.47. The normalized spacial score (nSPS) is 16.6. The number of nitrogens with zero attached hydrogens (tertiary/aromatic N) is 2. The van der Waals surface area contributed by atoms with Gasteiger partial charge < -0.3 is 20.1 Å². The molecule has 1 aliphatic heterocycles. The lowest BCUT2D eigenvalue weighted by molar-refractivity contribution is -0.121. The Kier molecular flexibility index (Phi) is 5.25. The van der Waals surface area contributed by atoms with Gasteiger partial charge in [0.05, 0.1) is 5.92 Å². The zero-order valence-corrected chi connectivity index (χ0v) is 16.8. The maximum Gasteiger partial charge on any atom is 0.319 e. The molecule has 2 heterocycles. The van der Waals surface area contributed by atoms with E-state index in [4.69, 9.17) is 0 Å². The second-order valence-corrected chi connectivity index (χ2v) is 7.80. The third-order valence-electron chi connectivity index (χ3n) is 5.42. The van der Waals surface area contributed by atoms with E-state index in [2.05, 4.69) is 22.4 Å². The number of aromatic nitrogens is 1. The first-order valence-corrected chi connectivity index (χ1v) is 9.96. The topological polar surface area (TPSA) is 68.4 Å². The van der Waals surface area contributed by atoms with Gasteiger partial charge in [-0.25, -0.2) is 4.79 Å². The summed E-state index contributed by atoms with van der Waals surface area (Å²) in [4.78, 5) is 31.8. The number of hydrogen-bond donors (Lipinski definition) is 2. The van der Waals surface area contributed by atoms with E-state index in [1.807, 2.05) is 42.5 Å². The molecule has 2 N–H and O–H groups in total. The number of piperidine rings is 1. The summed E-state index contributed by atoms with van der Waals surface area (Å²) in [6, 6.07) is 18.1. The molecule has 3 amide bonds. The molecule has 1 fully saturated rings. The Bertz CT molecular complexity index is 1010. The molecule has 4 rings (SSSR count). The van der Waals surface area contributed by atoms with Crippen LogP contribution in [-0.2, 0) is 4.79 Å². The number of urea groups is 1. The largest absolute Gasteiger partial charge is 0.355 e. The van der Waals surface area contributed by atoms with Gasteiger partial charge in [0.1, 0.15) is 0 Å². The molecule has 6 nitrogen and oxygen atoms in total. The monoisotopic (exact) mass is 390 g/mol. The minimum Gasteiger partial charge on any atom is -0.355 e. The SMILES string of the molecule is CN(C)C(=O)N1CCC[C@H](C(=O)Nc2cccc(-c3cc4ccccc4[nH]3)c2)C1. The number of rotatable bonds is 3. The van der Waals surface area contributed by atoms with Crippen molar-refractivity contribution in [2.45, 2.75) is 12.8 Å². The number of benzene rings is 2. The molecule has 1 aromatic heterocycles. The van der Waals surface area contributed by atoms with Crippen LogP contribution in [0.15, 0.2) is 54.6 Å². The lowest BCUT2D eigenvalue weighted by Crippen LogP contribution is -2.47. The van der Waals surface area contributed by atoms with Gasteiger partial charge in [-0.1, -0.05) is 30.3 Å². The zero-order chi connectivity index (χ0) is 20.4. The number of carbonyl (C=O) groups is 2. The molecule has 1 atom stereocenters. The van der Waals surface area contributed by atoms with E-state index in [0.29, 0.717) is 13.1 Å². The maximum absolute atomic E-state index is 12.8. The Morgan fingerprint density at radius 2 is 1.93 bits per heavy atom. The Labute approximate surface area is 170 Å². The Hall–Kier alpha value is -3.28.